The summed E-state index contributed by atoms with van der Waals surface area (Å²) in [5.41, 5.74) is 0.551. The number of rotatable bonds is 6. The number of thioether (sulfide) groups is 1. The van der Waals surface area contributed by atoms with Gasteiger partial charge in [-0.1, -0.05) is 42.1 Å². The fourth-order valence-electron chi connectivity index (χ4n) is 2.80. The van der Waals surface area contributed by atoms with Crippen molar-refractivity contribution in [2.75, 3.05) is 6.26 Å². The van der Waals surface area contributed by atoms with E-state index < -0.39 is 39.1 Å². The van der Waals surface area contributed by atoms with Crippen molar-refractivity contribution in [1.82, 2.24) is 4.90 Å². The number of hydrogen-bond acceptors (Lipinski definition) is 7. The van der Waals surface area contributed by atoms with Crippen LogP contribution in [0.2, 0.25) is 0 Å². The summed E-state index contributed by atoms with van der Waals surface area (Å²) in [7, 11) is -3.91. The van der Waals surface area contributed by atoms with Gasteiger partial charge >= 0.3 is 16.1 Å². The molecule has 26 heavy (non-hydrogen) atoms. The molecule has 8 nitrogen and oxygen atoms in total. The van der Waals surface area contributed by atoms with Gasteiger partial charge in [-0.05, 0) is 12.5 Å². The summed E-state index contributed by atoms with van der Waals surface area (Å²) in [6.45, 7) is 1.20. The zero-order valence-electron chi connectivity index (χ0n) is 13.9. The number of allylic oxidation sites excluding steroid dienone is 1. The molecule has 1 fully saturated rings. The number of carboxylic acids is 1. The Morgan fingerprint density at radius 3 is 2.58 bits per heavy atom. The van der Waals surface area contributed by atoms with Crippen LogP contribution in [0.25, 0.3) is 0 Å². The lowest BCUT2D eigenvalue weighted by atomic mass is 10.1. The van der Waals surface area contributed by atoms with Gasteiger partial charge < -0.3 is 9.29 Å². The third kappa shape index (κ3) is 3.61. The lowest BCUT2D eigenvalue weighted by Crippen LogP contribution is -2.61. The first-order valence-corrected chi connectivity index (χ1v) is 10.3. The van der Waals surface area contributed by atoms with Crippen LogP contribution in [0.5, 0.6) is 0 Å². The molecule has 1 saturated heterocycles. The molecule has 0 bridgehead atoms. The Morgan fingerprint density at radius 1 is 1.35 bits per heavy atom. The van der Waals surface area contributed by atoms with E-state index in [-0.39, 0.29) is 5.76 Å². The average molecular weight is 396 g/mol. The molecule has 1 aromatic carbocycles. The number of aliphatic carboxylic acids is 1. The summed E-state index contributed by atoms with van der Waals surface area (Å²) >= 11 is 1.30. The summed E-state index contributed by atoms with van der Waals surface area (Å²) in [6.07, 6.45) is 1.35. The quantitative estimate of drug-likeness (QED) is 0.333. The number of nitrogens with zero attached hydrogens (tertiary/aromatic N) is 2. The lowest BCUT2D eigenvalue weighted by Gasteiger charge is -2.41. The number of carbonyl (C=O) groups excluding carboxylic acids is 1. The van der Waals surface area contributed by atoms with Crippen LogP contribution in [0.1, 0.15) is 12.5 Å². The smallest absolute Gasteiger partial charge is 0.356 e. The number of benzene rings is 1. The van der Waals surface area contributed by atoms with Crippen LogP contribution >= 0.6 is 11.8 Å². The molecule has 1 amide bonds. The highest BCUT2D eigenvalue weighted by atomic mass is 32.2. The number of likely N-dealkylation sites (tertiary alicyclic amines) is 1. The number of hydrogen-bond donors (Lipinski definition) is 1. The van der Waals surface area contributed by atoms with Crippen LogP contribution in [0, 0.1) is 0 Å². The zero-order chi connectivity index (χ0) is 19.1. The minimum Gasteiger partial charge on any atom is -0.476 e. The molecular weight excluding hydrogens is 380 g/mol. The highest BCUT2D eigenvalue weighted by Gasteiger charge is 2.55. The average Bonchev–Trinajstić information content (AvgIpc) is 2.90. The molecule has 3 rings (SSSR count). The third-order valence-electron chi connectivity index (χ3n) is 3.81. The standard InChI is InChI=1S/C16H16N2O6S2/c1-9(24-26(2,22)23)13(16(20)21)18-14(19)12-15(18)25-11(17-12)8-10-6-4-3-5-7-10/h3-7,12,15H,8H2,1-2H3,(H,20,21). The van der Waals surface area contributed by atoms with Crippen molar-refractivity contribution < 1.29 is 27.3 Å². The van der Waals surface area contributed by atoms with Gasteiger partial charge in [0.15, 0.2) is 11.7 Å². The zero-order valence-corrected chi connectivity index (χ0v) is 15.6. The second kappa shape index (κ2) is 6.76. The number of amides is 1. The van der Waals surface area contributed by atoms with Crippen LogP contribution in [-0.4, -0.2) is 53.0 Å². The van der Waals surface area contributed by atoms with E-state index in [2.05, 4.69) is 9.18 Å². The summed E-state index contributed by atoms with van der Waals surface area (Å²) in [6, 6.07) is 8.93. The fraction of sp³-hybridized carbons (Fsp3) is 0.312. The van der Waals surface area contributed by atoms with Crippen molar-refractivity contribution >= 4 is 38.8 Å². The van der Waals surface area contributed by atoms with Crippen LogP contribution < -0.4 is 0 Å². The van der Waals surface area contributed by atoms with Gasteiger partial charge in [0.2, 0.25) is 0 Å². The molecule has 2 atom stereocenters. The van der Waals surface area contributed by atoms with Crippen molar-refractivity contribution in [1.29, 1.82) is 0 Å². The number of carboxylic acid groups (broad SMARTS) is 1. The molecule has 2 unspecified atom stereocenters. The van der Waals surface area contributed by atoms with E-state index in [4.69, 9.17) is 0 Å². The minimum atomic E-state index is -3.91. The molecule has 2 heterocycles. The minimum absolute atomic E-state index is 0.357. The van der Waals surface area contributed by atoms with Gasteiger partial charge in [0.25, 0.3) is 5.91 Å². The summed E-state index contributed by atoms with van der Waals surface area (Å²) < 4.78 is 27.2. The molecule has 0 saturated carbocycles. The fourth-order valence-corrected chi connectivity index (χ4v) is 4.65. The van der Waals surface area contributed by atoms with Crippen molar-refractivity contribution in [2.24, 2.45) is 4.99 Å². The van der Waals surface area contributed by atoms with Gasteiger partial charge in [-0.3, -0.25) is 14.7 Å². The van der Waals surface area contributed by atoms with Gasteiger partial charge in [0.05, 0.1) is 11.3 Å². The molecule has 1 N–H and O–H groups in total. The van der Waals surface area contributed by atoms with E-state index in [1.807, 2.05) is 30.3 Å². The molecule has 138 valence electrons. The van der Waals surface area contributed by atoms with Gasteiger partial charge in [-0.2, -0.15) is 8.42 Å². The second-order valence-electron chi connectivity index (χ2n) is 5.84. The highest BCUT2D eigenvalue weighted by molar-refractivity contribution is 8.14. The van der Waals surface area contributed by atoms with Crippen LogP contribution in [0.4, 0.5) is 0 Å². The first-order valence-electron chi connectivity index (χ1n) is 7.61. The van der Waals surface area contributed by atoms with Gasteiger partial charge in [0.1, 0.15) is 11.1 Å². The molecule has 0 aromatic heterocycles. The van der Waals surface area contributed by atoms with E-state index in [0.717, 1.165) is 21.8 Å². The Balaban J connectivity index is 1.81. The summed E-state index contributed by atoms with van der Waals surface area (Å²) in [4.78, 5) is 29.4. The van der Waals surface area contributed by atoms with Gasteiger partial charge in [-0.25, -0.2) is 4.79 Å². The van der Waals surface area contributed by atoms with Crippen molar-refractivity contribution in [2.45, 2.75) is 24.8 Å². The molecule has 2 aliphatic rings. The van der Waals surface area contributed by atoms with E-state index >= 15 is 0 Å². The Bertz CT molecular complexity index is 923. The van der Waals surface area contributed by atoms with Crippen LogP contribution in [0.3, 0.4) is 0 Å². The predicted molar refractivity (Wildman–Crippen MR) is 95.9 cm³/mol. The van der Waals surface area contributed by atoms with Gasteiger partial charge in [-0.15, -0.1) is 0 Å². The normalized spacial score (nSPS) is 22.9. The molecule has 0 radical (unpaired) electrons. The first-order chi connectivity index (χ1) is 12.2. The number of fused-ring (bicyclic) bond motifs is 1. The Hall–Kier alpha value is -2.33. The number of carbonyl (C=O) groups is 2. The Labute approximate surface area is 154 Å². The summed E-state index contributed by atoms with van der Waals surface area (Å²) in [5.74, 6) is -2.28. The maximum absolute atomic E-state index is 12.4. The molecule has 1 aromatic rings. The SMILES string of the molecule is CC(OS(C)(=O)=O)=C(C(=O)O)N1C(=O)C2N=C(Cc3ccccc3)SC21. The van der Waals surface area contributed by atoms with Crippen LogP contribution in [0.15, 0.2) is 46.8 Å². The van der Waals surface area contributed by atoms with Gasteiger partial charge in [0, 0.05) is 6.42 Å². The van der Waals surface area contributed by atoms with E-state index in [0.29, 0.717) is 6.42 Å². The second-order valence-corrected chi connectivity index (χ2v) is 8.61. The Morgan fingerprint density at radius 2 is 2.00 bits per heavy atom. The predicted octanol–water partition coefficient (Wildman–Crippen LogP) is 1.20. The maximum Gasteiger partial charge on any atom is 0.356 e. The first kappa shape index (κ1) is 18.5. The van der Waals surface area contributed by atoms with E-state index in [1.165, 1.54) is 18.7 Å². The lowest BCUT2D eigenvalue weighted by molar-refractivity contribution is -0.147. The largest absolute Gasteiger partial charge is 0.476 e. The highest BCUT2D eigenvalue weighted by Crippen LogP contribution is 2.42. The van der Waals surface area contributed by atoms with Crippen LogP contribution in [-0.2, 0) is 30.3 Å². The van der Waals surface area contributed by atoms with Crippen molar-refractivity contribution in [3.05, 3.63) is 47.4 Å². The number of aliphatic imine (C=N–C) groups is 1. The number of β-lactam (4-membered cyclic amide) rings is 1. The topological polar surface area (TPSA) is 113 Å². The molecule has 10 heteroatoms. The van der Waals surface area contributed by atoms with E-state index in [1.54, 1.807) is 0 Å². The molecule has 2 aliphatic heterocycles. The van der Waals surface area contributed by atoms with Crippen molar-refractivity contribution in [3.63, 3.8) is 0 Å². The Kier molecular flexibility index (Phi) is 4.80. The van der Waals surface area contributed by atoms with Crippen molar-refractivity contribution in [3.8, 4) is 0 Å². The molecule has 0 spiro atoms. The third-order valence-corrected chi connectivity index (χ3v) is 5.59. The maximum atomic E-state index is 12.4. The molecule has 0 aliphatic carbocycles. The molecular formula is C16H16N2O6S2. The van der Waals surface area contributed by atoms with E-state index in [9.17, 15) is 23.1 Å². The monoisotopic (exact) mass is 396 g/mol. The summed E-state index contributed by atoms with van der Waals surface area (Å²) in [5, 5.41) is 9.66.